The highest BCUT2D eigenvalue weighted by Gasteiger charge is 2.23. The maximum atomic E-state index is 12.0. The zero-order valence-electron chi connectivity index (χ0n) is 14.8. The molecule has 1 saturated heterocycles. The minimum Gasteiger partial charge on any atom is -0.390 e. The Hall–Kier alpha value is -0.650. The Morgan fingerprint density at radius 3 is 2.48 bits per heavy atom. The van der Waals surface area contributed by atoms with Crippen molar-refractivity contribution in [1.29, 1.82) is 0 Å². The third-order valence-electron chi connectivity index (χ3n) is 5.48. The first kappa shape index (κ1) is 18.7. The van der Waals surface area contributed by atoms with Crippen molar-refractivity contribution in [2.45, 2.75) is 64.1 Å². The number of carbonyl (C=O) groups excluding carboxylic acids is 1. The zero-order chi connectivity index (χ0) is 16.7. The average molecular weight is 326 g/mol. The third-order valence-corrected chi connectivity index (χ3v) is 5.48. The lowest BCUT2D eigenvalue weighted by molar-refractivity contribution is -0.123. The molecule has 5 nitrogen and oxygen atoms in total. The molecule has 134 valence electrons. The fourth-order valence-corrected chi connectivity index (χ4v) is 3.74. The summed E-state index contributed by atoms with van der Waals surface area (Å²) in [5.41, 5.74) is 0. The highest BCUT2D eigenvalue weighted by atomic mass is 16.5. The van der Waals surface area contributed by atoms with Crippen LogP contribution < -0.4 is 5.32 Å². The lowest BCUT2D eigenvalue weighted by atomic mass is 9.85. The van der Waals surface area contributed by atoms with E-state index in [2.05, 4.69) is 17.1 Å². The summed E-state index contributed by atoms with van der Waals surface area (Å²) in [6, 6.07) is 0. The standard InChI is InChI=1S/C18H34N2O3/c1-14-7-9-20(10-8-14)13-16(21)12-19-18(22)11-15-3-5-17(23-2)6-4-15/h14-17,21H,3-13H2,1-2H3,(H,19,22). The van der Waals surface area contributed by atoms with Crippen LogP contribution in [0.5, 0.6) is 0 Å². The van der Waals surface area contributed by atoms with Crippen LogP contribution in [-0.2, 0) is 9.53 Å². The molecule has 1 saturated carbocycles. The molecule has 1 amide bonds. The zero-order valence-corrected chi connectivity index (χ0v) is 14.8. The van der Waals surface area contributed by atoms with E-state index < -0.39 is 6.10 Å². The van der Waals surface area contributed by atoms with Crippen LogP contribution in [-0.4, -0.2) is 61.4 Å². The summed E-state index contributed by atoms with van der Waals surface area (Å²) in [6.07, 6.45) is 7.19. The van der Waals surface area contributed by atoms with Gasteiger partial charge in [0.1, 0.15) is 0 Å². The Bertz CT molecular complexity index is 348. The quantitative estimate of drug-likeness (QED) is 0.749. The molecule has 1 atom stereocenters. The molecule has 1 unspecified atom stereocenters. The van der Waals surface area contributed by atoms with Crippen molar-refractivity contribution in [2.24, 2.45) is 11.8 Å². The molecule has 0 radical (unpaired) electrons. The maximum absolute atomic E-state index is 12.0. The molecule has 2 rings (SSSR count). The Morgan fingerprint density at radius 2 is 1.87 bits per heavy atom. The minimum absolute atomic E-state index is 0.0807. The number of carbonyl (C=O) groups is 1. The number of β-amino-alcohol motifs (C(OH)–C–C–N with tert-alkyl or cyclic N) is 1. The number of hydrogen-bond donors (Lipinski definition) is 2. The number of nitrogens with zero attached hydrogens (tertiary/aromatic N) is 1. The summed E-state index contributed by atoms with van der Waals surface area (Å²) in [7, 11) is 1.77. The Labute approximate surface area is 140 Å². The van der Waals surface area contributed by atoms with Gasteiger partial charge >= 0.3 is 0 Å². The average Bonchev–Trinajstić information content (AvgIpc) is 2.56. The Balaban J connectivity index is 1.57. The molecule has 5 heteroatoms. The molecular weight excluding hydrogens is 292 g/mol. The van der Waals surface area contributed by atoms with Gasteiger partial charge in [-0.25, -0.2) is 0 Å². The normalized spacial score (nSPS) is 28.5. The topological polar surface area (TPSA) is 61.8 Å². The second-order valence-corrected chi connectivity index (χ2v) is 7.52. The van der Waals surface area contributed by atoms with Crippen molar-refractivity contribution in [3.8, 4) is 0 Å². The van der Waals surface area contributed by atoms with Crippen LogP contribution in [0.15, 0.2) is 0 Å². The summed E-state index contributed by atoms with van der Waals surface area (Å²) in [5.74, 6) is 1.36. The summed E-state index contributed by atoms with van der Waals surface area (Å²) >= 11 is 0. The molecule has 0 aromatic carbocycles. The monoisotopic (exact) mass is 326 g/mol. The second kappa shape index (κ2) is 9.60. The highest BCUT2D eigenvalue weighted by molar-refractivity contribution is 5.76. The van der Waals surface area contributed by atoms with E-state index in [1.807, 2.05) is 0 Å². The summed E-state index contributed by atoms with van der Waals surface area (Å²) in [4.78, 5) is 14.3. The molecule has 0 aromatic heterocycles. The number of hydrogen-bond acceptors (Lipinski definition) is 4. The van der Waals surface area contributed by atoms with Gasteiger partial charge in [0.15, 0.2) is 0 Å². The van der Waals surface area contributed by atoms with Crippen molar-refractivity contribution in [3.63, 3.8) is 0 Å². The predicted octanol–water partition coefficient (Wildman–Crippen LogP) is 1.79. The van der Waals surface area contributed by atoms with E-state index >= 15 is 0 Å². The van der Waals surface area contributed by atoms with Crippen LogP contribution in [0.25, 0.3) is 0 Å². The minimum atomic E-state index is -0.461. The number of amides is 1. The first-order valence-corrected chi connectivity index (χ1v) is 9.26. The van der Waals surface area contributed by atoms with Gasteiger partial charge in [-0.1, -0.05) is 6.92 Å². The molecule has 1 aliphatic heterocycles. The molecule has 2 fully saturated rings. The van der Waals surface area contributed by atoms with Crippen LogP contribution >= 0.6 is 0 Å². The number of piperidine rings is 1. The number of nitrogens with one attached hydrogen (secondary N) is 1. The van der Waals surface area contributed by atoms with E-state index in [0.29, 0.717) is 31.5 Å². The van der Waals surface area contributed by atoms with Crippen LogP contribution in [0.1, 0.15) is 51.9 Å². The van der Waals surface area contributed by atoms with Crippen LogP contribution in [0.3, 0.4) is 0 Å². The molecular formula is C18H34N2O3. The van der Waals surface area contributed by atoms with Gasteiger partial charge in [0, 0.05) is 26.6 Å². The summed E-state index contributed by atoms with van der Waals surface area (Å²) in [5, 5.41) is 13.0. The van der Waals surface area contributed by atoms with E-state index in [0.717, 1.165) is 44.7 Å². The van der Waals surface area contributed by atoms with Crippen molar-refractivity contribution in [1.82, 2.24) is 10.2 Å². The van der Waals surface area contributed by atoms with Crippen molar-refractivity contribution in [2.75, 3.05) is 33.3 Å². The van der Waals surface area contributed by atoms with Gasteiger partial charge in [0.2, 0.25) is 5.91 Å². The van der Waals surface area contributed by atoms with E-state index in [-0.39, 0.29) is 5.91 Å². The molecule has 2 aliphatic rings. The van der Waals surface area contributed by atoms with Gasteiger partial charge in [-0.2, -0.15) is 0 Å². The summed E-state index contributed by atoms with van der Waals surface area (Å²) in [6.45, 7) is 5.46. The first-order chi connectivity index (χ1) is 11.1. The first-order valence-electron chi connectivity index (χ1n) is 9.26. The molecule has 23 heavy (non-hydrogen) atoms. The molecule has 1 aliphatic carbocycles. The molecule has 1 heterocycles. The smallest absolute Gasteiger partial charge is 0.220 e. The maximum Gasteiger partial charge on any atom is 0.220 e. The third kappa shape index (κ3) is 6.77. The molecule has 0 spiro atoms. The van der Waals surface area contributed by atoms with Gasteiger partial charge in [0.05, 0.1) is 12.2 Å². The number of methoxy groups -OCH3 is 1. The molecule has 0 bridgehead atoms. The Kier molecular flexibility index (Phi) is 7.80. The lowest BCUT2D eigenvalue weighted by Gasteiger charge is -2.31. The lowest BCUT2D eigenvalue weighted by Crippen LogP contribution is -2.43. The fourth-order valence-electron chi connectivity index (χ4n) is 3.74. The largest absolute Gasteiger partial charge is 0.390 e. The number of likely N-dealkylation sites (tertiary alicyclic amines) is 1. The molecule has 0 aromatic rings. The van der Waals surface area contributed by atoms with Gasteiger partial charge in [-0.05, 0) is 63.5 Å². The van der Waals surface area contributed by atoms with E-state index in [4.69, 9.17) is 4.74 Å². The van der Waals surface area contributed by atoms with E-state index in [1.165, 1.54) is 12.8 Å². The van der Waals surface area contributed by atoms with Crippen LogP contribution in [0.4, 0.5) is 0 Å². The second-order valence-electron chi connectivity index (χ2n) is 7.52. The van der Waals surface area contributed by atoms with Crippen molar-refractivity contribution < 1.29 is 14.6 Å². The number of aliphatic hydroxyl groups is 1. The van der Waals surface area contributed by atoms with Gasteiger partial charge in [-0.15, -0.1) is 0 Å². The fraction of sp³-hybridized carbons (Fsp3) is 0.944. The van der Waals surface area contributed by atoms with Crippen molar-refractivity contribution >= 4 is 5.91 Å². The van der Waals surface area contributed by atoms with Gasteiger partial charge in [0.25, 0.3) is 0 Å². The van der Waals surface area contributed by atoms with Crippen LogP contribution in [0.2, 0.25) is 0 Å². The molecule has 2 N–H and O–H groups in total. The van der Waals surface area contributed by atoms with Crippen molar-refractivity contribution in [3.05, 3.63) is 0 Å². The number of ether oxygens (including phenoxy) is 1. The Morgan fingerprint density at radius 1 is 1.22 bits per heavy atom. The number of aliphatic hydroxyl groups excluding tert-OH is 1. The van der Waals surface area contributed by atoms with Crippen LogP contribution in [0, 0.1) is 11.8 Å². The summed E-state index contributed by atoms with van der Waals surface area (Å²) < 4.78 is 5.36. The van der Waals surface area contributed by atoms with E-state index in [1.54, 1.807) is 7.11 Å². The SMILES string of the molecule is COC1CCC(CC(=O)NCC(O)CN2CCC(C)CC2)CC1. The predicted molar refractivity (Wildman–Crippen MR) is 91.2 cm³/mol. The highest BCUT2D eigenvalue weighted by Crippen LogP contribution is 2.28. The number of rotatable bonds is 7. The van der Waals surface area contributed by atoms with Gasteiger partial charge < -0.3 is 20.1 Å². The van der Waals surface area contributed by atoms with Gasteiger partial charge in [-0.3, -0.25) is 4.79 Å². The van der Waals surface area contributed by atoms with E-state index in [9.17, 15) is 9.90 Å².